The van der Waals surface area contributed by atoms with Crippen LogP contribution < -0.4 is 5.32 Å². The number of nitrogens with one attached hydrogen (secondary N) is 1. The highest BCUT2D eigenvalue weighted by molar-refractivity contribution is 7.99. The molecule has 1 amide bonds. The second kappa shape index (κ2) is 10.3. The molecular weight excluding hydrogens is 378 g/mol. The summed E-state index contributed by atoms with van der Waals surface area (Å²) in [5, 5.41) is 12.5. The topological polar surface area (TPSA) is 56.1 Å². The van der Waals surface area contributed by atoms with Gasteiger partial charge in [0.1, 0.15) is 6.07 Å². The Hall–Kier alpha value is -2.55. The second-order valence-corrected chi connectivity index (χ2v) is 8.62. The maximum atomic E-state index is 13.0. The van der Waals surface area contributed by atoms with Crippen LogP contribution in [-0.4, -0.2) is 36.5 Å². The number of amides is 1. The van der Waals surface area contributed by atoms with E-state index in [9.17, 15) is 10.1 Å². The highest BCUT2D eigenvalue weighted by Crippen LogP contribution is 2.32. The van der Waals surface area contributed by atoms with E-state index in [0.29, 0.717) is 11.1 Å². The Morgan fingerprint density at radius 1 is 1.14 bits per heavy atom. The Kier molecular flexibility index (Phi) is 7.51. The average Bonchev–Trinajstić information content (AvgIpc) is 2.74. The average molecular weight is 406 g/mol. The van der Waals surface area contributed by atoms with Gasteiger partial charge in [-0.25, -0.2) is 0 Å². The third-order valence-corrected chi connectivity index (χ3v) is 6.19. The Morgan fingerprint density at radius 3 is 2.48 bits per heavy atom. The lowest BCUT2D eigenvalue weighted by Crippen LogP contribution is -2.44. The van der Waals surface area contributed by atoms with Crippen LogP contribution in [0.25, 0.3) is 0 Å². The van der Waals surface area contributed by atoms with Crippen LogP contribution in [0.15, 0.2) is 70.0 Å². The van der Waals surface area contributed by atoms with Gasteiger partial charge in [0.15, 0.2) is 0 Å². The maximum absolute atomic E-state index is 13.0. The largest absolute Gasteiger partial charge is 0.349 e. The van der Waals surface area contributed by atoms with E-state index in [0.717, 1.165) is 42.3 Å². The van der Waals surface area contributed by atoms with E-state index in [1.54, 1.807) is 6.07 Å². The summed E-state index contributed by atoms with van der Waals surface area (Å²) in [6.45, 7) is 7.23. The molecule has 1 N–H and O–H groups in total. The molecule has 0 unspecified atom stereocenters. The smallest absolute Gasteiger partial charge is 0.252 e. The summed E-state index contributed by atoms with van der Waals surface area (Å²) in [7, 11) is 0. The number of allylic oxidation sites excluding steroid dienone is 1. The number of likely N-dealkylation sites (tertiary alicyclic amines) is 1. The van der Waals surface area contributed by atoms with Crippen LogP contribution in [0.5, 0.6) is 0 Å². The van der Waals surface area contributed by atoms with Gasteiger partial charge in [-0.2, -0.15) is 5.26 Å². The van der Waals surface area contributed by atoms with Crippen LogP contribution in [0.2, 0.25) is 0 Å². The summed E-state index contributed by atoms with van der Waals surface area (Å²) >= 11 is 1.47. The minimum Gasteiger partial charge on any atom is -0.349 e. The Bertz CT molecular complexity index is 920. The minimum absolute atomic E-state index is 0.0368. The number of benzene rings is 2. The van der Waals surface area contributed by atoms with Gasteiger partial charge in [-0.1, -0.05) is 47.7 Å². The van der Waals surface area contributed by atoms with Crippen molar-refractivity contribution < 1.29 is 4.79 Å². The Balaban J connectivity index is 1.64. The molecule has 0 radical (unpaired) electrons. The standard InChI is InChI=1S/C24H27N3OS/c1-18(2)11-14-27-15-12-20(13-16-27)26-24(28)21-8-4-6-10-23(21)29-22-9-5-3-7-19(22)17-25/h3-11,20H,12-16H2,1-2H3,(H,26,28). The quantitative estimate of drug-likeness (QED) is 0.697. The van der Waals surface area contributed by atoms with Crippen molar-refractivity contribution in [1.82, 2.24) is 10.2 Å². The third-order valence-electron chi connectivity index (χ3n) is 5.04. The van der Waals surface area contributed by atoms with Crippen molar-refractivity contribution in [2.24, 2.45) is 0 Å². The fraction of sp³-hybridized carbons (Fsp3) is 0.333. The first-order chi connectivity index (χ1) is 14.1. The molecule has 2 aromatic carbocycles. The molecule has 1 saturated heterocycles. The molecule has 1 aliphatic rings. The van der Waals surface area contributed by atoms with Gasteiger partial charge < -0.3 is 5.32 Å². The zero-order valence-corrected chi connectivity index (χ0v) is 17.8. The van der Waals surface area contributed by atoms with E-state index < -0.39 is 0 Å². The molecular formula is C24H27N3OS. The van der Waals surface area contributed by atoms with Crippen molar-refractivity contribution in [2.45, 2.75) is 42.5 Å². The minimum atomic E-state index is -0.0368. The van der Waals surface area contributed by atoms with Crippen LogP contribution in [0.1, 0.15) is 42.6 Å². The number of piperidine rings is 1. The molecule has 1 fully saturated rings. The first-order valence-electron chi connectivity index (χ1n) is 9.99. The molecule has 2 aromatic rings. The van der Waals surface area contributed by atoms with E-state index >= 15 is 0 Å². The lowest BCUT2D eigenvalue weighted by molar-refractivity contribution is 0.0911. The highest BCUT2D eigenvalue weighted by Gasteiger charge is 2.22. The van der Waals surface area contributed by atoms with Crippen LogP contribution >= 0.6 is 11.8 Å². The fourth-order valence-corrected chi connectivity index (χ4v) is 4.37. The summed E-state index contributed by atoms with van der Waals surface area (Å²) in [5.41, 5.74) is 2.63. The van der Waals surface area contributed by atoms with Gasteiger partial charge in [0.2, 0.25) is 0 Å². The molecule has 0 aliphatic carbocycles. The van der Waals surface area contributed by atoms with Crippen molar-refractivity contribution in [3.05, 3.63) is 71.3 Å². The third kappa shape index (κ3) is 5.96. The molecule has 0 aromatic heterocycles. The monoisotopic (exact) mass is 405 g/mol. The SMILES string of the molecule is CC(C)=CCN1CCC(NC(=O)c2ccccc2Sc2ccccc2C#N)CC1. The lowest BCUT2D eigenvalue weighted by Gasteiger charge is -2.31. The van der Waals surface area contributed by atoms with Crippen molar-refractivity contribution >= 4 is 17.7 Å². The van der Waals surface area contributed by atoms with E-state index in [1.165, 1.54) is 17.3 Å². The summed E-state index contributed by atoms with van der Waals surface area (Å²) in [4.78, 5) is 17.1. The number of carbonyl (C=O) groups is 1. The molecule has 5 heteroatoms. The Morgan fingerprint density at radius 2 is 1.79 bits per heavy atom. The summed E-state index contributed by atoms with van der Waals surface area (Å²) in [6, 6.07) is 17.5. The predicted octanol–water partition coefficient (Wildman–Crippen LogP) is 4.87. The van der Waals surface area contributed by atoms with Gasteiger partial charge in [0.25, 0.3) is 5.91 Å². The first kappa shape index (κ1) is 21.2. The van der Waals surface area contributed by atoms with E-state index in [2.05, 4.69) is 36.2 Å². The number of nitrogens with zero attached hydrogens (tertiary/aromatic N) is 2. The molecule has 0 atom stereocenters. The molecule has 0 bridgehead atoms. The first-order valence-corrected chi connectivity index (χ1v) is 10.8. The molecule has 1 heterocycles. The van der Waals surface area contributed by atoms with Crippen molar-refractivity contribution in [3.63, 3.8) is 0 Å². The van der Waals surface area contributed by atoms with Crippen LogP contribution in [0.4, 0.5) is 0 Å². The molecule has 3 rings (SSSR count). The zero-order valence-electron chi connectivity index (χ0n) is 17.0. The van der Waals surface area contributed by atoms with E-state index in [-0.39, 0.29) is 11.9 Å². The molecule has 4 nitrogen and oxygen atoms in total. The van der Waals surface area contributed by atoms with Gasteiger partial charge in [-0.15, -0.1) is 0 Å². The van der Waals surface area contributed by atoms with Gasteiger partial charge >= 0.3 is 0 Å². The predicted molar refractivity (Wildman–Crippen MR) is 118 cm³/mol. The maximum Gasteiger partial charge on any atom is 0.252 e. The van der Waals surface area contributed by atoms with Gasteiger partial charge in [-0.05, 0) is 51.0 Å². The normalized spacial score (nSPS) is 14.8. The van der Waals surface area contributed by atoms with Crippen molar-refractivity contribution in [1.29, 1.82) is 5.26 Å². The molecule has 0 saturated carbocycles. The van der Waals surface area contributed by atoms with Crippen molar-refractivity contribution in [3.8, 4) is 6.07 Å². The molecule has 150 valence electrons. The molecule has 1 aliphatic heterocycles. The Labute approximate surface area is 177 Å². The summed E-state index contributed by atoms with van der Waals surface area (Å²) < 4.78 is 0. The molecule has 29 heavy (non-hydrogen) atoms. The van der Waals surface area contributed by atoms with Gasteiger partial charge in [-0.3, -0.25) is 9.69 Å². The lowest BCUT2D eigenvalue weighted by atomic mass is 10.0. The van der Waals surface area contributed by atoms with E-state index in [4.69, 9.17) is 0 Å². The van der Waals surface area contributed by atoms with Gasteiger partial charge in [0, 0.05) is 35.5 Å². The van der Waals surface area contributed by atoms with Crippen molar-refractivity contribution in [2.75, 3.05) is 19.6 Å². The van der Waals surface area contributed by atoms with Crippen LogP contribution in [0, 0.1) is 11.3 Å². The highest BCUT2D eigenvalue weighted by atomic mass is 32.2. The number of hydrogen-bond acceptors (Lipinski definition) is 4. The summed E-state index contributed by atoms with van der Waals surface area (Å²) in [5.74, 6) is -0.0368. The second-order valence-electron chi connectivity index (χ2n) is 7.54. The fourth-order valence-electron chi connectivity index (χ4n) is 3.34. The van der Waals surface area contributed by atoms with Crippen LogP contribution in [-0.2, 0) is 0 Å². The molecule has 0 spiro atoms. The number of hydrogen-bond donors (Lipinski definition) is 1. The van der Waals surface area contributed by atoms with Gasteiger partial charge in [0.05, 0.1) is 11.1 Å². The number of rotatable bonds is 6. The summed E-state index contributed by atoms with van der Waals surface area (Å²) in [6.07, 6.45) is 4.19. The van der Waals surface area contributed by atoms with Crippen LogP contribution in [0.3, 0.4) is 0 Å². The number of carbonyl (C=O) groups excluding carboxylic acids is 1. The zero-order chi connectivity index (χ0) is 20.6. The van der Waals surface area contributed by atoms with E-state index in [1.807, 2.05) is 42.5 Å². The number of nitriles is 1.